The van der Waals surface area contributed by atoms with E-state index in [1.807, 2.05) is 44.2 Å². The first-order chi connectivity index (χ1) is 11.5. The number of anilines is 2. The molecule has 2 aromatic carbocycles. The molecular weight excluding hydrogens is 304 g/mol. The lowest BCUT2D eigenvalue weighted by molar-refractivity contribution is -0.111. The smallest absolute Gasteiger partial charge is 0.248 e. The third-order valence-electron chi connectivity index (χ3n) is 3.46. The summed E-state index contributed by atoms with van der Waals surface area (Å²) in [5.41, 5.74) is 8.97. The number of carbonyl (C=O) groups is 1. The van der Waals surface area contributed by atoms with Crippen molar-refractivity contribution in [2.24, 2.45) is 0 Å². The van der Waals surface area contributed by atoms with Crippen molar-refractivity contribution >= 4 is 23.4 Å². The van der Waals surface area contributed by atoms with Crippen molar-refractivity contribution in [2.75, 3.05) is 24.8 Å². The molecule has 0 unspecified atom stereocenters. The Balaban J connectivity index is 2.06. The number of carbonyl (C=O) groups excluding carboxylic acids is 1. The fraction of sp³-hybridized carbons (Fsp3) is 0.211. The highest BCUT2D eigenvalue weighted by molar-refractivity contribution is 6.02. The van der Waals surface area contributed by atoms with Crippen molar-refractivity contribution in [2.45, 2.75) is 13.8 Å². The normalized spacial score (nSPS) is 10.6. The zero-order valence-electron chi connectivity index (χ0n) is 14.1. The van der Waals surface area contributed by atoms with Gasteiger partial charge < -0.3 is 20.5 Å². The second-order valence-corrected chi connectivity index (χ2v) is 5.24. The molecule has 0 bridgehead atoms. The van der Waals surface area contributed by atoms with Gasteiger partial charge in [0.05, 0.1) is 13.7 Å². The molecule has 0 aliphatic rings. The molecule has 0 heterocycles. The van der Waals surface area contributed by atoms with E-state index < -0.39 is 0 Å². The van der Waals surface area contributed by atoms with Crippen LogP contribution in [0.4, 0.5) is 11.4 Å². The molecule has 5 nitrogen and oxygen atoms in total. The summed E-state index contributed by atoms with van der Waals surface area (Å²) in [4.78, 5) is 12.0. The minimum absolute atomic E-state index is 0.230. The number of nitrogen functional groups attached to an aromatic ring is 1. The Hall–Kier alpha value is -2.95. The Labute approximate surface area is 142 Å². The second-order valence-electron chi connectivity index (χ2n) is 5.24. The second kappa shape index (κ2) is 8.06. The first-order valence-corrected chi connectivity index (χ1v) is 7.69. The number of aryl methyl sites for hydroxylation is 1. The minimum Gasteiger partial charge on any atom is -0.493 e. The summed E-state index contributed by atoms with van der Waals surface area (Å²) in [6, 6.07) is 10.9. The Bertz CT molecular complexity index is 754. The Morgan fingerprint density at radius 3 is 2.67 bits per heavy atom. The van der Waals surface area contributed by atoms with Crippen molar-refractivity contribution in [1.82, 2.24) is 0 Å². The summed E-state index contributed by atoms with van der Waals surface area (Å²) >= 11 is 0. The molecule has 0 saturated carbocycles. The monoisotopic (exact) mass is 326 g/mol. The number of hydrogen-bond donors (Lipinski definition) is 2. The standard InChI is InChI=1S/C19H22N2O3/c1-4-24-17-9-6-14(11-18(17)23-3)7-10-19(22)21-15-8-5-13(2)16(20)12-15/h5-12H,4,20H2,1-3H3,(H,21,22)/b10-7+. The SMILES string of the molecule is CCOc1ccc(/C=C/C(=O)Nc2ccc(C)c(N)c2)cc1OC. The van der Waals surface area contributed by atoms with Crippen LogP contribution < -0.4 is 20.5 Å². The van der Waals surface area contributed by atoms with Gasteiger partial charge in [-0.05, 0) is 55.3 Å². The maximum Gasteiger partial charge on any atom is 0.248 e. The fourth-order valence-electron chi connectivity index (χ4n) is 2.14. The van der Waals surface area contributed by atoms with Gasteiger partial charge in [0.1, 0.15) is 0 Å². The van der Waals surface area contributed by atoms with Crippen molar-refractivity contribution < 1.29 is 14.3 Å². The number of rotatable bonds is 6. The summed E-state index contributed by atoms with van der Waals surface area (Å²) in [6.07, 6.45) is 3.18. The topological polar surface area (TPSA) is 73.6 Å². The van der Waals surface area contributed by atoms with E-state index >= 15 is 0 Å². The molecule has 0 saturated heterocycles. The van der Waals surface area contributed by atoms with E-state index in [2.05, 4.69) is 5.32 Å². The van der Waals surface area contributed by atoms with Gasteiger partial charge in [-0.3, -0.25) is 4.79 Å². The summed E-state index contributed by atoms with van der Waals surface area (Å²) in [6.45, 7) is 4.39. The third kappa shape index (κ3) is 4.52. The molecule has 0 aromatic heterocycles. The van der Waals surface area contributed by atoms with Gasteiger partial charge in [-0.15, -0.1) is 0 Å². The van der Waals surface area contributed by atoms with Gasteiger partial charge in [-0.1, -0.05) is 12.1 Å². The minimum atomic E-state index is -0.230. The van der Waals surface area contributed by atoms with Crippen LogP contribution in [0.2, 0.25) is 0 Å². The Kier molecular flexibility index (Phi) is 5.84. The summed E-state index contributed by atoms with van der Waals surface area (Å²) in [5, 5.41) is 2.78. The van der Waals surface area contributed by atoms with E-state index in [4.69, 9.17) is 15.2 Å². The van der Waals surface area contributed by atoms with Crippen molar-refractivity contribution in [3.63, 3.8) is 0 Å². The van der Waals surface area contributed by atoms with Crippen LogP contribution in [0.5, 0.6) is 11.5 Å². The molecule has 0 radical (unpaired) electrons. The first kappa shape index (κ1) is 17.4. The number of ether oxygens (including phenoxy) is 2. The van der Waals surface area contributed by atoms with Gasteiger partial charge in [0.15, 0.2) is 11.5 Å². The quantitative estimate of drug-likeness (QED) is 0.628. The number of benzene rings is 2. The van der Waals surface area contributed by atoms with Gasteiger partial charge in [0.2, 0.25) is 5.91 Å². The number of methoxy groups -OCH3 is 1. The highest BCUT2D eigenvalue weighted by Gasteiger charge is 2.04. The first-order valence-electron chi connectivity index (χ1n) is 7.69. The molecule has 0 atom stereocenters. The zero-order valence-corrected chi connectivity index (χ0v) is 14.1. The average molecular weight is 326 g/mol. The Morgan fingerprint density at radius 1 is 1.21 bits per heavy atom. The molecule has 0 aliphatic heterocycles. The molecule has 2 rings (SSSR count). The fourth-order valence-corrected chi connectivity index (χ4v) is 2.14. The van der Waals surface area contributed by atoms with Crippen LogP contribution in [0.3, 0.4) is 0 Å². The third-order valence-corrected chi connectivity index (χ3v) is 3.46. The van der Waals surface area contributed by atoms with Crippen molar-refractivity contribution in [1.29, 1.82) is 0 Å². The molecule has 0 aliphatic carbocycles. The van der Waals surface area contributed by atoms with E-state index in [1.54, 1.807) is 19.3 Å². The highest BCUT2D eigenvalue weighted by atomic mass is 16.5. The van der Waals surface area contributed by atoms with E-state index in [0.717, 1.165) is 11.1 Å². The lowest BCUT2D eigenvalue weighted by Gasteiger charge is -2.09. The van der Waals surface area contributed by atoms with Crippen LogP contribution in [-0.2, 0) is 4.79 Å². The molecule has 0 spiro atoms. The van der Waals surface area contributed by atoms with Gasteiger partial charge in [0.25, 0.3) is 0 Å². The lowest BCUT2D eigenvalue weighted by atomic mass is 10.1. The predicted molar refractivity (Wildman–Crippen MR) is 97.4 cm³/mol. The van der Waals surface area contributed by atoms with Gasteiger partial charge >= 0.3 is 0 Å². The molecule has 0 fully saturated rings. The number of nitrogens with two attached hydrogens (primary N) is 1. The van der Waals surface area contributed by atoms with E-state index in [-0.39, 0.29) is 5.91 Å². The van der Waals surface area contributed by atoms with Gasteiger partial charge in [0, 0.05) is 17.5 Å². The average Bonchev–Trinajstić information content (AvgIpc) is 2.57. The molecule has 2 aromatic rings. The number of amides is 1. The largest absolute Gasteiger partial charge is 0.493 e. The number of nitrogens with one attached hydrogen (secondary N) is 1. The molecule has 24 heavy (non-hydrogen) atoms. The molecule has 5 heteroatoms. The summed E-state index contributed by atoms with van der Waals surface area (Å²) in [7, 11) is 1.58. The van der Waals surface area contributed by atoms with Crippen LogP contribution in [0.25, 0.3) is 6.08 Å². The van der Waals surface area contributed by atoms with Crippen LogP contribution in [-0.4, -0.2) is 19.6 Å². The van der Waals surface area contributed by atoms with Crippen LogP contribution in [0.1, 0.15) is 18.1 Å². The molecule has 3 N–H and O–H groups in total. The van der Waals surface area contributed by atoms with Crippen LogP contribution >= 0.6 is 0 Å². The van der Waals surface area contributed by atoms with Crippen molar-refractivity contribution in [3.8, 4) is 11.5 Å². The predicted octanol–water partition coefficient (Wildman–Crippen LogP) is 3.64. The molecule has 126 valence electrons. The van der Waals surface area contributed by atoms with E-state index in [9.17, 15) is 4.79 Å². The van der Waals surface area contributed by atoms with Crippen molar-refractivity contribution in [3.05, 3.63) is 53.6 Å². The molecular formula is C19H22N2O3. The van der Waals surface area contributed by atoms with Crippen LogP contribution in [0.15, 0.2) is 42.5 Å². The zero-order chi connectivity index (χ0) is 17.5. The maximum absolute atomic E-state index is 12.0. The molecule has 1 amide bonds. The van der Waals surface area contributed by atoms with Gasteiger partial charge in [-0.2, -0.15) is 0 Å². The summed E-state index contributed by atoms with van der Waals surface area (Å²) in [5.74, 6) is 1.08. The van der Waals surface area contributed by atoms with E-state index in [0.29, 0.717) is 29.5 Å². The maximum atomic E-state index is 12.0. The van der Waals surface area contributed by atoms with Gasteiger partial charge in [-0.25, -0.2) is 0 Å². The Morgan fingerprint density at radius 2 is 2.00 bits per heavy atom. The summed E-state index contributed by atoms with van der Waals surface area (Å²) < 4.78 is 10.8. The van der Waals surface area contributed by atoms with Crippen LogP contribution in [0, 0.1) is 6.92 Å². The highest BCUT2D eigenvalue weighted by Crippen LogP contribution is 2.28. The van der Waals surface area contributed by atoms with E-state index in [1.165, 1.54) is 6.08 Å². The lowest BCUT2D eigenvalue weighted by Crippen LogP contribution is -2.08. The number of hydrogen-bond acceptors (Lipinski definition) is 4.